The van der Waals surface area contributed by atoms with Gasteiger partial charge in [0.05, 0.1) is 36.4 Å². The van der Waals surface area contributed by atoms with Crippen LogP contribution in [0, 0.1) is 10.1 Å². The Morgan fingerprint density at radius 2 is 0.909 bits per heavy atom. The number of aliphatic hydroxyl groups is 13. The third-order valence-corrected chi connectivity index (χ3v) is 9.85. The summed E-state index contributed by atoms with van der Waals surface area (Å²) >= 11 is 6.04. The Morgan fingerprint density at radius 3 is 1.29 bits per heavy atom. The lowest BCUT2D eigenvalue weighted by atomic mass is 9.95. The van der Waals surface area contributed by atoms with Crippen LogP contribution in [0.2, 0.25) is 5.02 Å². The lowest BCUT2D eigenvalue weighted by molar-refractivity contribution is -0.387. The first-order valence-electron chi connectivity index (χ1n) is 16.8. The molecular formula is C30H44ClNO23. The van der Waals surface area contributed by atoms with Gasteiger partial charge in [0.15, 0.2) is 18.9 Å². The van der Waals surface area contributed by atoms with Crippen molar-refractivity contribution in [2.24, 2.45) is 0 Å². The number of halogens is 1. The quantitative estimate of drug-likeness (QED) is 0.0649. The molecule has 0 unspecified atom stereocenters. The molecule has 4 aliphatic rings. The maximum Gasteiger partial charge on any atom is 0.271 e. The molecule has 0 aromatic heterocycles. The molecule has 1 aromatic carbocycles. The summed E-state index contributed by atoms with van der Waals surface area (Å²) in [7, 11) is 0. The summed E-state index contributed by atoms with van der Waals surface area (Å²) in [6.45, 7) is -3.56. The zero-order valence-corrected chi connectivity index (χ0v) is 29.1. The second-order valence-electron chi connectivity index (χ2n) is 13.1. The Hall–Kier alpha value is -2.09. The molecule has 1 aromatic rings. The first-order chi connectivity index (χ1) is 26.1. The summed E-state index contributed by atoms with van der Waals surface area (Å²) in [5.41, 5.74) is -0.367. The first kappa shape index (κ1) is 44.0. The first-order valence-corrected chi connectivity index (χ1v) is 17.2. The third-order valence-electron chi connectivity index (χ3n) is 9.55. The maximum atomic E-state index is 11.1. The topological polar surface area (TPSA) is 380 Å². The van der Waals surface area contributed by atoms with E-state index in [0.717, 1.165) is 18.2 Å². The monoisotopic (exact) mass is 821 g/mol. The molecule has 13 N–H and O–H groups in total. The fourth-order valence-corrected chi connectivity index (χ4v) is 6.67. The molecule has 25 heteroatoms. The van der Waals surface area contributed by atoms with Gasteiger partial charge in [-0.2, -0.15) is 0 Å². The van der Waals surface area contributed by atoms with Crippen molar-refractivity contribution in [1.29, 1.82) is 0 Å². The number of hydrogen-bond acceptors (Lipinski definition) is 23. The summed E-state index contributed by atoms with van der Waals surface area (Å²) < 4.78 is 44.2. The Kier molecular flexibility index (Phi) is 14.9. The average Bonchev–Trinajstić information content (AvgIpc) is 3.17. The van der Waals surface area contributed by atoms with E-state index in [9.17, 15) is 76.5 Å². The Bertz CT molecular complexity index is 1410. The molecule has 4 aliphatic heterocycles. The number of hydrogen-bond donors (Lipinski definition) is 13. The van der Waals surface area contributed by atoms with Crippen molar-refractivity contribution >= 4 is 17.3 Å². The van der Waals surface area contributed by atoms with Crippen LogP contribution in [0.3, 0.4) is 0 Å². The molecule has 55 heavy (non-hydrogen) atoms. The van der Waals surface area contributed by atoms with Crippen LogP contribution >= 0.6 is 11.6 Å². The molecule has 20 atom stereocenters. The van der Waals surface area contributed by atoms with Gasteiger partial charge in [0.25, 0.3) is 5.69 Å². The van der Waals surface area contributed by atoms with Crippen LogP contribution in [-0.2, 0) is 33.2 Å². The number of nitro groups is 1. The smallest absolute Gasteiger partial charge is 0.271 e. The van der Waals surface area contributed by atoms with Crippen molar-refractivity contribution in [1.82, 2.24) is 0 Å². The largest absolute Gasteiger partial charge is 0.460 e. The number of non-ortho nitro benzene ring substituents is 1. The lowest BCUT2D eigenvalue weighted by Crippen LogP contribution is -2.67. The highest BCUT2D eigenvalue weighted by molar-refractivity contribution is 6.32. The predicted octanol–water partition coefficient (Wildman–Crippen LogP) is -7.10. The number of nitro benzene ring substituents is 1. The van der Waals surface area contributed by atoms with Crippen molar-refractivity contribution < 1.29 is 109 Å². The molecule has 314 valence electrons. The third kappa shape index (κ3) is 9.15. The average molecular weight is 822 g/mol. The van der Waals surface area contributed by atoms with Crippen molar-refractivity contribution in [2.45, 2.75) is 123 Å². The van der Waals surface area contributed by atoms with Crippen LogP contribution in [0.4, 0.5) is 5.69 Å². The van der Waals surface area contributed by atoms with Gasteiger partial charge in [-0.3, -0.25) is 10.1 Å². The Balaban J connectivity index is 1.23. The van der Waals surface area contributed by atoms with E-state index in [1.165, 1.54) is 0 Å². The van der Waals surface area contributed by atoms with E-state index in [4.69, 9.17) is 49.5 Å². The van der Waals surface area contributed by atoms with Crippen LogP contribution < -0.4 is 4.74 Å². The molecule has 4 saturated heterocycles. The Labute approximate surface area is 314 Å². The molecule has 0 saturated carbocycles. The standard InChI is InChI=1S/C30H44ClNO23/c31-9-3-8(32(46)47)1-2-10(9)48-27-21(43)17(39)24(12(5-34)50-27)54-29-23(45)19(41)26(14(7-36)52-29)55-30-22(44)18(40)25(13(6-35)51-30)53-28-20(42)16(38)15(37)11(4-33)49-28/h1-3,11-30,33-45H,4-7H2/t11-,12-,13-,14-,15-,16+,17-,18-,19-,20-,21-,22-,23-,24-,25-,26-,27+,28-,29-,30-/m1/s1. The van der Waals surface area contributed by atoms with Gasteiger partial charge >= 0.3 is 0 Å². The number of rotatable bonds is 13. The second kappa shape index (κ2) is 18.7. The van der Waals surface area contributed by atoms with Gasteiger partial charge in [-0.25, -0.2) is 0 Å². The van der Waals surface area contributed by atoms with E-state index in [1.54, 1.807) is 0 Å². The molecule has 24 nitrogen and oxygen atoms in total. The number of benzene rings is 1. The Morgan fingerprint density at radius 1 is 0.545 bits per heavy atom. The normalized spacial score (nSPS) is 45.3. The van der Waals surface area contributed by atoms with Crippen molar-refractivity contribution in [3.05, 3.63) is 33.3 Å². The molecule has 5 rings (SSSR count). The van der Waals surface area contributed by atoms with E-state index >= 15 is 0 Å². The highest BCUT2D eigenvalue weighted by Crippen LogP contribution is 2.36. The molecular weight excluding hydrogens is 778 g/mol. The van der Waals surface area contributed by atoms with E-state index < -0.39 is 154 Å². The van der Waals surface area contributed by atoms with Crippen molar-refractivity contribution in [2.75, 3.05) is 26.4 Å². The SMILES string of the molecule is O=[N+]([O-])c1ccc(O[C@H]2O[C@H](CO)[C@@H](O[C@H]3O[C@H](CO)[C@@H](O[C@H]4O[C@H](CO)[C@@H](O[C@H]5O[C@H](CO)[C@@H](O)[C@H](O)[C@H]5O)[C@H](O)[C@H]4O)[C@H](O)[C@H]3O)[C@H](O)[C@H]2O)c(Cl)c1. The summed E-state index contributed by atoms with van der Waals surface area (Å²) in [5, 5.41) is 146. The summed E-state index contributed by atoms with van der Waals surface area (Å²) in [6.07, 6.45) is -36.1. The molecule has 0 aliphatic carbocycles. The van der Waals surface area contributed by atoms with E-state index in [0.29, 0.717) is 0 Å². The highest BCUT2D eigenvalue weighted by atomic mass is 35.5. The van der Waals surface area contributed by atoms with Gasteiger partial charge in [0, 0.05) is 12.1 Å². The number of nitrogens with zero attached hydrogens (tertiary/aromatic N) is 1. The molecule has 0 spiro atoms. The van der Waals surface area contributed by atoms with Gasteiger partial charge in [-0.15, -0.1) is 0 Å². The fraction of sp³-hybridized carbons (Fsp3) is 0.800. The van der Waals surface area contributed by atoms with Crippen LogP contribution in [0.25, 0.3) is 0 Å². The highest BCUT2D eigenvalue weighted by Gasteiger charge is 2.55. The molecule has 0 bridgehead atoms. The summed E-state index contributed by atoms with van der Waals surface area (Å²) in [4.78, 5) is 10.3. The van der Waals surface area contributed by atoms with Crippen LogP contribution in [0.5, 0.6) is 5.75 Å². The minimum absolute atomic E-state index is 0.188. The van der Waals surface area contributed by atoms with Gasteiger partial charge in [-0.1, -0.05) is 11.6 Å². The second-order valence-corrected chi connectivity index (χ2v) is 13.5. The van der Waals surface area contributed by atoms with E-state index in [-0.39, 0.29) is 16.5 Å². The van der Waals surface area contributed by atoms with Crippen LogP contribution in [-0.4, -0.2) is 221 Å². The zero-order chi connectivity index (χ0) is 40.5. The van der Waals surface area contributed by atoms with Gasteiger partial charge < -0.3 is 104 Å². The van der Waals surface area contributed by atoms with Crippen LogP contribution in [0.15, 0.2) is 18.2 Å². The lowest BCUT2D eigenvalue weighted by Gasteiger charge is -2.49. The van der Waals surface area contributed by atoms with Crippen molar-refractivity contribution in [3.63, 3.8) is 0 Å². The summed E-state index contributed by atoms with van der Waals surface area (Å²) in [6, 6.07) is 3.13. The molecule has 4 heterocycles. The van der Waals surface area contributed by atoms with E-state index in [1.807, 2.05) is 0 Å². The van der Waals surface area contributed by atoms with E-state index in [2.05, 4.69) is 0 Å². The van der Waals surface area contributed by atoms with Crippen LogP contribution in [0.1, 0.15) is 0 Å². The number of ether oxygens (including phenoxy) is 8. The van der Waals surface area contributed by atoms with Gasteiger partial charge in [0.2, 0.25) is 6.29 Å². The molecule has 0 radical (unpaired) electrons. The molecule has 4 fully saturated rings. The minimum atomic E-state index is -2.08. The zero-order valence-electron chi connectivity index (χ0n) is 28.3. The van der Waals surface area contributed by atoms with Gasteiger partial charge in [0.1, 0.15) is 103 Å². The maximum absolute atomic E-state index is 11.1. The fourth-order valence-electron chi connectivity index (χ4n) is 6.45. The van der Waals surface area contributed by atoms with Gasteiger partial charge in [-0.05, 0) is 6.07 Å². The molecule has 0 amide bonds. The van der Waals surface area contributed by atoms with Crippen molar-refractivity contribution in [3.8, 4) is 5.75 Å². The number of aliphatic hydroxyl groups excluding tert-OH is 13. The predicted molar refractivity (Wildman–Crippen MR) is 170 cm³/mol. The summed E-state index contributed by atoms with van der Waals surface area (Å²) in [5.74, 6) is -0.188. The minimum Gasteiger partial charge on any atom is -0.460 e.